The van der Waals surface area contributed by atoms with Crippen molar-refractivity contribution in [2.75, 3.05) is 0 Å². The second-order valence-electron chi connectivity index (χ2n) is 3.22. The van der Waals surface area contributed by atoms with E-state index in [4.69, 9.17) is 0 Å². The molecule has 1 aromatic carbocycles. The third-order valence-corrected chi connectivity index (χ3v) is 2.24. The maximum Gasteiger partial charge on any atom is -0.0155 e. The molecule has 1 aromatic rings. The molecule has 0 aromatic heterocycles. The van der Waals surface area contributed by atoms with E-state index in [-0.39, 0.29) is 0 Å². The SMILES string of the molecule is C=Cc1c(CC)cccc1C(=C)C. The summed E-state index contributed by atoms with van der Waals surface area (Å²) in [5, 5.41) is 0. The average molecular weight is 172 g/mol. The Bertz CT molecular complexity index is 332. The van der Waals surface area contributed by atoms with Crippen molar-refractivity contribution in [3.8, 4) is 0 Å². The van der Waals surface area contributed by atoms with Crippen LogP contribution in [0.25, 0.3) is 11.6 Å². The van der Waals surface area contributed by atoms with E-state index >= 15 is 0 Å². The van der Waals surface area contributed by atoms with Crippen LogP contribution in [-0.2, 0) is 6.42 Å². The minimum Gasteiger partial charge on any atom is -0.0984 e. The first-order valence-corrected chi connectivity index (χ1v) is 4.61. The summed E-state index contributed by atoms with van der Waals surface area (Å²) in [6.45, 7) is 12.0. The lowest BCUT2D eigenvalue weighted by molar-refractivity contribution is 1.13. The van der Waals surface area contributed by atoms with E-state index in [0.717, 1.165) is 12.0 Å². The maximum atomic E-state index is 3.96. The quantitative estimate of drug-likeness (QED) is 0.648. The summed E-state index contributed by atoms with van der Waals surface area (Å²) in [7, 11) is 0. The lowest BCUT2D eigenvalue weighted by Gasteiger charge is -2.09. The second kappa shape index (κ2) is 4.08. The summed E-state index contributed by atoms with van der Waals surface area (Å²) >= 11 is 0. The zero-order valence-corrected chi connectivity index (χ0v) is 8.43. The molecule has 0 saturated heterocycles. The molecule has 0 heterocycles. The summed E-state index contributed by atoms with van der Waals surface area (Å²) in [4.78, 5) is 0. The van der Waals surface area contributed by atoms with E-state index in [1.165, 1.54) is 16.7 Å². The molecule has 0 saturated carbocycles. The van der Waals surface area contributed by atoms with Gasteiger partial charge in [0, 0.05) is 0 Å². The van der Waals surface area contributed by atoms with Crippen LogP contribution in [0.5, 0.6) is 0 Å². The number of rotatable bonds is 3. The Morgan fingerprint density at radius 1 is 1.46 bits per heavy atom. The molecular weight excluding hydrogens is 156 g/mol. The van der Waals surface area contributed by atoms with Crippen molar-refractivity contribution in [1.29, 1.82) is 0 Å². The number of hydrogen-bond donors (Lipinski definition) is 0. The highest BCUT2D eigenvalue weighted by atomic mass is 14.1. The van der Waals surface area contributed by atoms with Crippen LogP contribution >= 0.6 is 0 Å². The summed E-state index contributed by atoms with van der Waals surface area (Å²) in [6, 6.07) is 6.32. The van der Waals surface area contributed by atoms with Gasteiger partial charge in [-0.15, -0.1) is 0 Å². The fourth-order valence-electron chi connectivity index (χ4n) is 1.53. The van der Waals surface area contributed by atoms with Gasteiger partial charge in [0.25, 0.3) is 0 Å². The molecule has 0 aliphatic rings. The molecule has 0 nitrogen and oxygen atoms in total. The van der Waals surface area contributed by atoms with Gasteiger partial charge in [-0.05, 0) is 30.0 Å². The molecule has 68 valence electrons. The molecule has 0 aliphatic heterocycles. The van der Waals surface area contributed by atoms with Gasteiger partial charge in [0.2, 0.25) is 0 Å². The third kappa shape index (κ3) is 1.89. The van der Waals surface area contributed by atoms with Gasteiger partial charge in [0.15, 0.2) is 0 Å². The van der Waals surface area contributed by atoms with Gasteiger partial charge in [-0.2, -0.15) is 0 Å². The van der Waals surface area contributed by atoms with Crippen LogP contribution in [0, 0.1) is 0 Å². The Morgan fingerprint density at radius 3 is 2.62 bits per heavy atom. The monoisotopic (exact) mass is 172 g/mol. The predicted octanol–water partition coefficient (Wildman–Crippen LogP) is 3.93. The first-order valence-electron chi connectivity index (χ1n) is 4.61. The fourth-order valence-corrected chi connectivity index (χ4v) is 1.53. The highest BCUT2D eigenvalue weighted by Crippen LogP contribution is 2.22. The van der Waals surface area contributed by atoms with E-state index in [0.29, 0.717) is 0 Å². The van der Waals surface area contributed by atoms with Crippen molar-refractivity contribution in [3.63, 3.8) is 0 Å². The van der Waals surface area contributed by atoms with Crippen molar-refractivity contribution in [2.45, 2.75) is 20.3 Å². The normalized spacial score (nSPS) is 9.69. The van der Waals surface area contributed by atoms with Gasteiger partial charge in [-0.25, -0.2) is 0 Å². The molecule has 0 bridgehead atoms. The number of aryl methyl sites for hydroxylation is 1. The van der Waals surface area contributed by atoms with Gasteiger partial charge < -0.3 is 0 Å². The summed E-state index contributed by atoms with van der Waals surface area (Å²) in [5.74, 6) is 0. The topological polar surface area (TPSA) is 0 Å². The lowest BCUT2D eigenvalue weighted by atomic mass is 9.96. The molecule has 13 heavy (non-hydrogen) atoms. The minimum atomic E-state index is 1.04. The van der Waals surface area contributed by atoms with E-state index in [9.17, 15) is 0 Å². The summed E-state index contributed by atoms with van der Waals surface area (Å²) in [6.07, 6.45) is 2.96. The van der Waals surface area contributed by atoms with Crippen LogP contribution in [0.4, 0.5) is 0 Å². The van der Waals surface area contributed by atoms with Gasteiger partial charge in [0.1, 0.15) is 0 Å². The summed E-state index contributed by atoms with van der Waals surface area (Å²) in [5.41, 5.74) is 4.90. The molecule has 0 spiro atoms. The smallest absolute Gasteiger partial charge is 0.0155 e. The van der Waals surface area contributed by atoms with Crippen molar-refractivity contribution < 1.29 is 0 Å². The van der Waals surface area contributed by atoms with Gasteiger partial charge in [-0.3, -0.25) is 0 Å². The molecule has 0 fully saturated rings. The van der Waals surface area contributed by atoms with Crippen LogP contribution in [0.3, 0.4) is 0 Å². The molecule has 1 rings (SSSR count). The molecular formula is C13H16. The standard InChI is InChI=1S/C13H16/c1-5-11-8-7-9-13(10(3)4)12(11)6-2/h6-9H,2-3,5H2,1,4H3. The predicted molar refractivity (Wildman–Crippen MR) is 60.6 cm³/mol. The Hall–Kier alpha value is -1.30. The number of allylic oxidation sites excluding steroid dienone is 1. The van der Waals surface area contributed by atoms with Crippen LogP contribution in [0.2, 0.25) is 0 Å². The van der Waals surface area contributed by atoms with Crippen LogP contribution in [0.15, 0.2) is 31.4 Å². The third-order valence-electron chi connectivity index (χ3n) is 2.24. The Balaban J connectivity index is 3.35. The number of benzene rings is 1. The van der Waals surface area contributed by atoms with E-state index in [2.05, 4.69) is 38.3 Å². The van der Waals surface area contributed by atoms with Crippen LogP contribution < -0.4 is 0 Å². The molecule has 0 amide bonds. The van der Waals surface area contributed by atoms with Gasteiger partial charge >= 0.3 is 0 Å². The maximum absolute atomic E-state index is 3.96. The first kappa shape index (κ1) is 9.79. The Kier molecular flexibility index (Phi) is 3.07. The number of hydrogen-bond acceptors (Lipinski definition) is 0. The zero-order valence-electron chi connectivity index (χ0n) is 8.43. The Morgan fingerprint density at radius 2 is 2.15 bits per heavy atom. The van der Waals surface area contributed by atoms with E-state index in [1.807, 2.05) is 13.0 Å². The van der Waals surface area contributed by atoms with Gasteiger partial charge in [-0.1, -0.05) is 49.9 Å². The van der Waals surface area contributed by atoms with E-state index < -0.39 is 0 Å². The second-order valence-corrected chi connectivity index (χ2v) is 3.22. The lowest BCUT2D eigenvalue weighted by Crippen LogP contribution is -1.91. The fraction of sp³-hybridized carbons (Fsp3) is 0.231. The molecule has 0 unspecified atom stereocenters. The van der Waals surface area contributed by atoms with Crippen molar-refractivity contribution in [2.24, 2.45) is 0 Å². The molecule has 0 atom stereocenters. The Labute approximate surface area is 80.6 Å². The van der Waals surface area contributed by atoms with Crippen LogP contribution in [0.1, 0.15) is 30.5 Å². The highest BCUT2D eigenvalue weighted by molar-refractivity contribution is 5.73. The highest BCUT2D eigenvalue weighted by Gasteiger charge is 2.03. The minimum absolute atomic E-state index is 1.04. The molecule has 0 radical (unpaired) electrons. The average Bonchev–Trinajstić information content (AvgIpc) is 2.16. The van der Waals surface area contributed by atoms with Crippen molar-refractivity contribution >= 4 is 11.6 Å². The summed E-state index contributed by atoms with van der Waals surface area (Å²) < 4.78 is 0. The van der Waals surface area contributed by atoms with Crippen molar-refractivity contribution in [3.05, 3.63) is 48.0 Å². The van der Waals surface area contributed by atoms with Crippen LogP contribution in [-0.4, -0.2) is 0 Å². The first-order chi connectivity index (χ1) is 6.20. The van der Waals surface area contributed by atoms with Crippen molar-refractivity contribution in [1.82, 2.24) is 0 Å². The zero-order chi connectivity index (χ0) is 9.84. The van der Waals surface area contributed by atoms with Gasteiger partial charge in [0.05, 0.1) is 0 Å². The molecule has 0 aliphatic carbocycles. The molecule has 0 N–H and O–H groups in total. The molecule has 0 heteroatoms. The van der Waals surface area contributed by atoms with E-state index in [1.54, 1.807) is 0 Å². The largest absolute Gasteiger partial charge is 0.0984 e.